The molecule has 1 aromatic heterocycles. The lowest BCUT2D eigenvalue weighted by Gasteiger charge is -2.41. The lowest BCUT2D eigenvalue weighted by Crippen LogP contribution is -2.40. The van der Waals surface area contributed by atoms with E-state index in [4.69, 9.17) is 27.9 Å². The van der Waals surface area contributed by atoms with Crippen LogP contribution in [0.15, 0.2) is 6.07 Å². The minimum atomic E-state index is -0.587. The Labute approximate surface area is 109 Å². The topological polar surface area (TPSA) is 29.5 Å². The molecule has 0 bridgehead atoms. The second-order valence-electron chi connectivity index (χ2n) is 4.24. The first-order valence-electron chi connectivity index (χ1n) is 5.24. The van der Waals surface area contributed by atoms with Gasteiger partial charge in [-0.2, -0.15) is 0 Å². The average Bonchev–Trinajstić information content (AvgIpc) is 2.51. The van der Waals surface area contributed by atoms with Crippen LogP contribution in [0.2, 0.25) is 8.67 Å². The van der Waals surface area contributed by atoms with E-state index >= 15 is 0 Å². The van der Waals surface area contributed by atoms with Gasteiger partial charge in [0.15, 0.2) is 0 Å². The molecule has 90 valence electrons. The van der Waals surface area contributed by atoms with Crippen LogP contribution >= 0.6 is 34.5 Å². The fourth-order valence-corrected chi connectivity index (χ4v) is 3.67. The summed E-state index contributed by atoms with van der Waals surface area (Å²) in [6.07, 6.45) is 3.19. The Morgan fingerprint density at radius 1 is 1.56 bits per heavy atom. The summed E-state index contributed by atoms with van der Waals surface area (Å²) in [6, 6.07) is 1.74. The van der Waals surface area contributed by atoms with Crippen LogP contribution < -0.4 is 0 Å². The van der Waals surface area contributed by atoms with Gasteiger partial charge in [0.2, 0.25) is 0 Å². The number of ether oxygens (including phenoxy) is 1. The van der Waals surface area contributed by atoms with E-state index in [0.29, 0.717) is 15.1 Å². The Hall–Kier alpha value is 0.200. The summed E-state index contributed by atoms with van der Waals surface area (Å²) in [5, 5.41) is 10.1. The van der Waals surface area contributed by atoms with Crippen LogP contribution in [-0.4, -0.2) is 17.8 Å². The van der Waals surface area contributed by atoms with E-state index < -0.39 is 6.10 Å². The first kappa shape index (κ1) is 12.7. The standard InChI is InChI=1S/C11H14Cl2O2S/c1-15-11(3-2-4-11)6-8(14)7-5-9(12)16-10(7)13/h5,8,14H,2-4,6H2,1H3. The second-order valence-corrected chi connectivity index (χ2v) is 6.53. The predicted octanol–water partition coefficient (Wildman–Crippen LogP) is 4.05. The van der Waals surface area contributed by atoms with Crippen LogP contribution in [0.5, 0.6) is 0 Å². The van der Waals surface area contributed by atoms with Crippen molar-refractivity contribution in [3.05, 3.63) is 20.3 Å². The minimum Gasteiger partial charge on any atom is -0.388 e. The lowest BCUT2D eigenvalue weighted by molar-refractivity contribution is -0.0998. The maximum atomic E-state index is 10.1. The van der Waals surface area contributed by atoms with Gasteiger partial charge in [-0.1, -0.05) is 23.2 Å². The number of halogens is 2. The van der Waals surface area contributed by atoms with Crippen molar-refractivity contribution in [2.75, 3.05) is 7.11 Å². The van der Waals surface area contributed by atoms with E-state index in [2.05, 4.69) is 0 Å². The normalized spacial score (nSPS) is 20.5. The lowest BCUT2D eigenvalue weighted by atomic mass is 9.75. The molecule has 0 aliphatic heterocycles. The van der Waals surface area contributed by atoms with Gasteiger partial charge >= 0.3 is 0 Å². The monoisotopic (exact) mass is 280 g/mol. The van der Waals surface area contributed by atoms with E-state index in [9.17, 15) is 5.11 Å². The molecule has 1 aromatic rings. The summed E-state index contributed by atoms with van der Waals surface area (Å²) in [7, 11) is 1.70. The fourth-order valence-electron chi connectivity index (χ4n) is 2.11. The highest BCUT2D eigenvalue weighted by Gasteiger charge is 2.39. The van der Waals surface area contributed by atoms with Gasteiger partial charge in [0.1, 0.15) is 4.34 Å². The molecule has 1 atom stereocenters. The van der Waals surface area contributed by atoms with Gasteiger partial charge in [0.05, 0.1) is 16.0 Å². The Morgan fingerprint density at radius 2 is 2.25 bits per heavy atom. The highest BCUT2D eigenvalue weighted by Crippen LogP contribution is 2.44. The van der Waals surface area contributed by atoms with E-state index in [1.807, 2.05) is 0 Å². The van der Waals surface area contributed by atoms with Gasteiger partial charge < -0.3 is 9.84 Å². The number of aliphatic hydroxyl groups excluding tert-OH is 1. The quantitative estimate of drug-likeness (QED) is 0.902. The minimum absolute atomic E-state index is 0.156. The van der Waals surface area contributed by atoms with Gasteiger partial charge in [-0.3, -0.25) is 0 Å². The molecule has 0 amide bonds. The smallest absolute Gasteiger partial charge is 0.100 e. The van der Waals surface area contributed by atoms with E-state index in [1.165, 1.54) is 17.8 Å². The molecule has 0 aromatic carbocycles. The third kappa shape index (κ3) is 2.39. The number of methoxy groups -OCH3 is 1. The average molecular weight is 281 g/mol. The Bertz CT molecular complexity index is 369. The van der Waals surface area contributed by atoms with Crippen LogP contribution in [-0.2, 0) is 4.74 Å². The van der Waals surface area contributed by atoms with Crippen molar-refractivity contribution in [2.45, 2.75) is 37.4 Å². The van der Waals surface area contributed by atoms with Gasteiger partial charge in [-0.05, 0) is 25.3 Å². The third-order valence-electron chi connectivity index (χ3n) is 3.31. The highest BCUT2D eigenvalue weighted by atomic mass is 35.5. The third-order valence-corrected chi connectivity index (χ3v) is 4.82. The maximum absolute atomic E-state index is 10.1. The molecule has 16 heavy (non-hydrogen) atoms. The van der Waals surface area contributed by atoms with Gasteiger partial charge in [0.25, 0.3) is 0 Å². The summed E-state index contributed by atoms with van der Waals surface area (Å²) in [5.41, 5.74) is 0.567. The summed E-state index contributed by atoms with van der Waals surface area (Å²) in [6.45, 7) is 0. The fraction of sp³-hybridized carbons (Fsp3) is 0.636. The first-order chi connectivity index (χ1) is 7.56. The summed E-state index contributed by atoms with van der Waals surface area (Å²) >= 11 is 13.1. The molecule has 2 rings (SSSR count). The number of hydrogen-bond acceptors (Lipinski definition) is 3. The van der Waals surface area contributed by atoms with Crippen LogP contribution in [0.25, 0.3) is 0 Å². The van der Waals surface area contributed by atoms with Crippen LogP contribution in [0.3, 0.4) is 0 Å². The zero-order valence-electron chi connectivity index (χ0n) is 9.00. The molecule has 5 heteroatoms. The Kier molecular flexibility index (Phi) is 3.82. The summed E-state index contributed by atoms with van der Waals surface area (Å²) < 4.78 is 6.66. The zero-order valence-corrected chi connectivity index (χ0v) is 11.3. The highest BCUT2D eigenvalue weighted by molar-refractivity contribution is 7.20. The molecule has 1 saturated carbocycles. The number of rotatable bonds is 4. The van der Waals surface area contributed by atoms with Crippen LogP contribution in [0, 0.1) is 0 Å². The largest absolute Gasteiger partial charge is 0.388 e. The van der Waals surface area contributed by atoms with Crippen molar-refractivity contribution in [3.63, 3.8) is 0 Å². The molecule has 1 unspecified atom stereocenters. The molecule has 0 radical (unpaired) electrons. The van der Waals surface area contributed by atoms with Crippen LogP contribution in [0.1, 0.15) is 37.4 Å². The van der Waals surface area contributed by atoms with Gasteiger partial charge in [-0.25, -0.2) is 0 Å². The van der Waals surface area contributed by atoms with Crippen molar-refractivity contribution in [1.82, 2.24) is 0 Å². The van der Waals surface area contributed by atoms with Crippen molar-refractivity contribution < 1.29 is 9.84 Å². The molecule has 0 saturated heterocycles. The van der Waals surface area contributed by atoms with E-state index in [1.54, 1.807) is 13.2 Å². The SMILES string of the molecule is COC1(CC(O)c2cc(Cl)sc2Cl)CCC1. The van der Waals surface area contributed by atoms with Gasteiger partial charge in [-0.15, -0.1) is 11.3 Å². The van der Waals surface area contributed by atoms with Crippen LogP contribution in [0.4, 0.5) is 0 Å². The van der Waals surface area contributed by atoms with Crippen molar-refractivity contribution in [3.8, 4) is 0 Å². The molecule has 2 nitrogen and oxygen atoms in total. The van der Waals surface area contributed by atoms with E-state index in [0.717, 1.165) is 18.4 Å². The number of hydrogen-bond donors (Lipinski definition) is 1. The van der Waals surface area contributed by atoms with Crippen molar-refractivity contribution >= 4 is 34.5 Å². The molecular formula is C11H14Cl2O2S. The van der Waals surface area contributed by atoms with Crippen molar-refractivity contribution in [1.29, 1.82) is 0 Å². The number of thiophene rings is 1. The molecular weight excluding hydrogens is 267 g/mol. The molecule has 1 N–H and O–H groups in total. The Balaban J connectivity index is 2.07. The predicted molar refractivity (Wildman–Crippen MR) is 67.5 cm³/mol. The first-order valence-corrected chi connectivity index (χ1v) is 6.81. The molecule has 1 aliphatic rings. The molecule has 1 fully saturated rings. The number of aliphatic hydroxyl groups is 1. The molecule has 0 spiro atoms. The Morgan fingerprint density at radius 3 is 2.62 bits per heavy atom. The molecule has 1 aliphatic carbocycles. The zero-order chi connectivity index (χ0) is 11.8. The van der Waals surface area contributed by atoms with Crippen molar-refractivity contribution in [2.24, 2.45) is 0 Å². The summed E-state index contributed by atoms with van der Waals surface area (Å²) in [4.78, 5) is 0. The molecule has 1 heterocycles. The van der Waals surface area contributed by atoms with E-state index in [-0.39, 0.29) is 5.60 Å². The second kappa shape index (κ2) is 4.83. The van der Waals surface area contributed by atoms with Gasteiger partial charge in [0, 0.05) is 19.1 Å². The summed E-state index contributed by atoms with van der Waals surface area (Å²) in [5.74, 6) is 0. The maximum Gasteiger partial charge on any atom is 0.100 e.